The van der Waals surface area contributed by atoms with Crippen LogP contribution >= 0.6 is 7.14 Å². The zero-order valence-electron chi connectivity index (χ0n) is 17.6. The van der Waals surface area contributed by atoms with Gasteiger partial charge in [0.05, 0.1) is 5.39 Å². The van der Waals surface area contributed by atoms with Gasteiger partial charge in [-0.2, -0.15) is 5.10 Å². The second kappa shape index (κ2) is 8.50. The number of halogens is 1. The van der Waals surface area contributed by atoms with Gasteiger partial charge in [-0.15, -0.1) is 0 Å². The number of aliphatic hydroxyl groups is 1. The Morgan fingerprint density at radius 1 is 1.03 bits per heavy atom. The molecule has 168 valence electrons. The lowest BCUT2D eigenvalue weighted by atomic mass is 10.0. The van der Waals surface area contributed by atoms with E-state index in [2.05, 4.69) is 20.2 Å². The molecule has 2 N–H and O–H groups in total. The Labute approximate surface area is 188 Å². The molecule has 1 fully saturated rings. The Kier molecular flexibility index (Phi) is 5.52. The van der Waals surface area contributed by atoms with Crippen molar-refractivity contribution in [2.24, 2.45) is 0 Å². The van der Waals surface area contributed by atoms with E-state index in [-0.39, 0.29) is 28.9 Å². The van der Waals surface area contributed by atoms with E-state index in [1.54, 1.807) is 42.7 Å². The number of rotatable bonds is 4. The Bertz CT molecular complexity index is 1420. The smallest absolute Gasteiger partial charge is 0.272 e. The molecule has 0 saturated carbocycles. The molecule has 33 heavy (non-hydrogen) atoms. The molecule has 1 atom stereocenters. The number of fused-ring (bicyclic) bond motifs is 1. The molecule has 3 heterocycles. The molecule has 1 unspecified atom stereocenters. The quantitative estimate of drug-likeness (QED) is 0.445. The highest BCUT2D eigenvalue weighted by Gasteiger charge is 2.34. The van der Waals surface area contributed by atoms with E-state index in [0.29, 0.717) is 35.4 Å². The second-order valence-electron chi connectivity index (χ2n) is 7.97. The summed E-state index contributed by atoms with van der Waals surface area (Å²) in [6.45, 7) is 0.888. The van der Waals surface area contributed by atoms with Crippen molar-refractivity contribution in [3.63, 3.8) is 0 Å². The van der Waals surface area contributed by atoms with Gasteiger partial charge < -0.3 is 14.6 Å². The number of aromatic nitrogens is 4. The van der Waals surface area contributed by atoms with Crippen LogP contribution in [0.15, 0.2) is 65.7 Å². The minimum atomic E-state index is -3.04. The standard InChI is InChI=1S/C23H21FN5O3P/c24-18-7-6-15(21(30)20-16-4-1-2-5-17(16)22(31)28-27-20)14-19(18)33(32)12-10-29(11-13-33)23-25-8-3-9-26-23/h1-9,14,21,30H,10-13H2,(H,28,31). The Morgan fingerprint density at radius 2 is 1.73 bits per heavy atom. The van der Waals surface area contributed by atoms with Crippen LogP contribution in [0.4, 0.5) is 10.3 Å². The molecular formula is C23H21FN5O3P. The SMILES string of the molecule is O=c1[nH]nc(C(O)c2ccc(F)c(P3(=O)CCN(c4ncccn4)CC3)c2)c2ccccc12. The zero-order valence-corrected chi connectivity index (χ0v) is 18.5. The monoisotopic (exact) mass is 465 g/mol. The van der Waals surface area contributed by atoms with Gasteiger partial charge in [-0.25, -0.2) is 19.5 Å². The fourth-order valence-electron chi connectivity index (χ4n) is 4.20. The first-order valence-electron chi connectivity index (χ1n) is 10.5. The Hall–Kier alpha value is -3.42. The van der Waals surface area contributed by atoms with Gasteiger partial charge in [0.2, 0.25) is 5.95 Å². The topological polar surface area (TPSA) is 112 Å². The first kappa shape index (κ1) is 21.4. The van der Waals surface area contributed by atoms with Gasteiger partial charge in [0, 0.05) is 48.5 Å². The third-order valence-corrected chi connectivity index (χ3v) is 9.07. The first-order chi connectivity index (χ1) is 16.0. The minimum Gasteiger partial charge on any atom is -0.382 e. The third kappa shape index (κ3) is 3.94. The van der Waals surface area contributed by atoms with E-state index in [1.165, 1.54) is 18.2 Å². The molecule has 0 amide bonds. The van der Waals surface area contributed by atoms with E-state index < -0.39 is 19.1 Å². The predicted octanol–water partition coefficient (Wildman–Crippen LogP) is 2.44. The minimum absolute atomic E-state index is 0.126. The molecule has 2 aromatic carbocycles. The summed E-state index contributed by atoms with van der Waals surface area (Å²) in [6, 6.07) is 12.7. The maximum absolute atomic E-state index is 14.8. The molecule has 10 heteroatoms. The predicted molar refractivity (Wildman–Crippen MR) is 124 cm³/mol. The van der Waals surface area contributed by atoms with Crippen LogP contribution in [0, 0.1) is 5.82 Å². The summed E-state index contributed by atoms with van der Waals surface area (Å²) >= 11 is 0. The number of nitrogens with zero attached hydrogens (tertiary/aromatic N) is 4. The molecule has 5 rings (SSSR count). The number of aromatic amines is 1. The van der Waals surface area contributed by atoms with Crippen molar-refractivity contribution in [3.05, 3.63) is 88.4 Å². The number of hydrogen-bond donors (Lipinski definition) is 2. The van der Waals surface area contributed by atoms with Crippen molar-refractivity contribution in [3.8, 4) is 0 Å². The highest BCUT2D eigenvalue weighted by Crippen LogP contribution is 2.47. The first-order valence-corrected chi connectivity index (χ1v) is 12.6. The van der Waals surface area contributed by atoms with Crippen LogP contribution < -0.4 is 15.8 Å². The van der Waals surface area contributed by atoms with Crippen LogP contribution in [0.5, 0.6) is 0 Å². The summed E-state index contributed by atoms with van der Waals surface area (Å²) in [4.78, 5) is 22.5. The lowest BCUT2D eigenvalue weighted by Crippen LogP contribution is -2.38. The van der Waals surface area contributed by atoms with Crippen LogP contribution in [0.25, 0.3) is 10.8 Å². The summed E-state index contributed by atoms with van der Waals surface area (Å²) in [5.41, 5.74) is 0.247. The van der Waals surface area contributed by atoms with Crippen LogP contribution in [-0.4, -0.2) is 50.7 Å². The van der Waals surface area contributed by atoms with Gasteiger partial charge in [-0.05, 0) is 29.8 Å². The second-order valence-corrected chi connectivity index (χ2v) is 11.1. The number of nitrogens with one attached hydrogen (secondary N) is 1. The summed E-state index contributed by atoms with van der Waals surface area (Å²) in [5.74, 6) is 0.00222. The number of benzene rings is 2. The largest absolute Gasteiger partial charge is 0.382 e. The van der Waals surface area contributed by atoms with Crippen molar-refractivity contribution in [1.82, 2.24) is 20.2 Å². The van der Waals surface area contributed by atoms with Gasteiger partial charge in [0.1, 0.15) is 24.8 Å². The van der Waals surface area contributed by atoms with Crippen molar-refractivity contribution < 1.29 is 14.1 Å². The van der Waals surface area contributed by atoms with Crippen LogP contribution in [0.2, 0.25) is 0 Å². The van der Waals surface area contributed by atoms with Crippen molar-refractivity contribution >= 4 is 29.2 Å². The van der Waals surface area contributed by atoms with Crippen molar-refractivity contribution in [2.75, 3.05) is 30.3 Å². The molecule has 1 saturated heterocycles. The van der Waals surface area contributed by atoms with Gasteiger partial charge >= 0.3 is 0 Å². The van der Waals surface area contributed by atoms with Crippen LogP contribution in [0.1, 0.15) is 17.4 Å². The molecule has 0 aliphatic carbocycles. The van der Waals surface area contributed by atoms with Crippen LogP contribution in [0.3, 0.4) is 0 Å². The number of aliphatic hydroxyl groups excluding tert-OH is 1. The molecule has 4 aromatic rings. The maximum atomic E-state index is 14.8. The van der Waals surface area contributed by atoms with E-state index in [9.17, 15) is 18.9 Å². The summed E-state index contributed by atoms with van der Waals surface area (Å²) in [7, 11) is -3.04. The van der Waals surface area contributed by atoms with E-state index >= 15 is 0 Å². The van der Waals surface area contributed by atoms with Crippen LogP contribution in [-0.2, 0) is 4.57 Å². The summed E-state index contributed by atoms with van der Waals surface area (Å²) in [5, 5.41) is 18.5. The highest BCUT2D eigenvalue weighted by atomic mass is 31.2. The van der Waals surface area contributed by atoms with Gasteiger partial charge in [-0.1, -0.05) is 24.3 Å². The average Bonchev–Trinajstić information content (AvgIpc) is 2.85. The fourth-order valence-corrected chi connectivity index (χ4v) is 6.88. The molecule has 0 bridgehead atoms. The lowest BCUT2D eigenvalue weighted by Gasteiger charge is -2.32. The molecule has 1 aliphatic heterocycles. The summed E-state index contributed by atoms with van der Waals surface area (Å²) < 4.78 is 28.6. The van der Waals surface area contributed by atoms with Gasteiger partial charge in [0.15, 0.2) is 0 Å². The lowest BCUT2D eigenvalue weighted by molar-refractivity contribution is 0.216. The number of H-pyrrole nitrogens is 1. The van der Waals surface area contributed by atoms with Crippen molar-refractivity contribution in [2.45, 2.75) is 6.10 Å². The van der Waals surface area contributed by atoms with Gasteiger partial charge in [0.25, 0.3) is 5.56 Å². The highest BCUT2D eigenvalue weighted by molar-refractivity contribution is 7.71. The van der Waals surface area contributed by atoms with Gasteiger partial charge in [-0.3, -0.25) is 4.79 Å². The average molecular weight is 465 g/mol. The zero-order chi connectivity index (χ0) is 23.0. The molecule has 0 spiro atoms. The Balaban J connectivity index is 1.46. The molecule has 8 nitrogen and oxygen atoms in total. The van der Waals surface area contributed by atoms with Crippen molar-refractivity contribution in [1.29, 1.82) is 0 Å². The fraction of sp³-hybridized carbons (Fsp3) is 0.217. The normalized spacial score (nSPS) is 16.6. The Morgan fingerprint density at radius 3 is 2.45 bits per heavy atom. The molecule has 0 radical (unpaired) electrons. The molecule has 2 aromatic heterocycles. The number of anilines is 1. The third-order valence-electron chi connectivity index (χ3n) is 6.01. The van der Waals surface area contributed by atoms with E-state index in [4.69, 9.17) is 0 Å². The molecule has 1 aliphatic rings. The van der Waals surface area contributed by atoms with E-state index in [0.717, 1.165) is 0 Å². The summed E-state index contributed by atoms with van der Waals surface area (Å²) in [6.07, 6.45) is 2.63. The molecular weight excluding hydrogens is 444 g/mol. The van der Waals surface area contributed by atoms with E-state index in [1.807, 2.05) is 4.90 Å². The maximum Gasteiger partial charge on any atom is 0.272 e. The number of hydrogen-bond acceptors (Lipinski definition) is 7.